The fraction of sp³-hybridized carbons (Fsp3) is 0.100. The van der Waals surface area contributed by atoms with E-state index in [0.717, 1.165) is 0 Å². The maximum Gasteiger partial charge on any atom is 0.331 e. The molecular formula is C10H8N2O2. The lowest BCUT2D eigenvalue weighted by molar-refractivity contribution is -0.132. The number of carboxylic acids is 1. The normalized spacial score (nSPS) is 9.07. The molecule has 0 aromatic carbocycles. The van der Waals surface area contributed by atoms with Gasteiger partial charge in [-0.15, -0.1) is 0 Å². The molecule has 0 radical (unpaired) electrons. The lowest BCUT2D eigenvalue weighted by Gasteiger charge is -1.99. The van der Waals surface area contributed by atoms with Crippen LogP contribution in [0.25, 0.3) is 0 Å². The minimum absolute atomic E-state index is 0.0626. The van der Waals surface area contributed by atoms with Gasteiger partial charge in [0.1, 0.15) is 0 Å². The molecule has 0 aliphatic carbocycles. The highest BCUT2D eigenvalue weighted by Crippen LogP contribution is 2.05. The van der Waals surface area contributed by atoms with Crippen LogP contribution in [0.3, 0.4) is 0 Å². The van der Waals surface area contributed by atoms with Crippen molar-refractivity contribution >= 4 is 5.97 Å². The summed E-state index contributed by atoms with van der Waals surface area (Å²) in [6, 6.07) is 5.06. The van der Waals surface area contributed by atoms with Crippen molar-refractivity contribution < 1.29 is 9.90 Å². The van der Waals surface area contributed by atoms with Crippen molar-refractivity contribution in [2.24, 2.45) is 0 Å². The van der Waals surface area contributed by atoms with Crippen LogP contribution >= 0.6 is 0 Å². The third kappa shape index (κ3) is 2.42. The lowest BCUT2D eigenvalue weighted by atomic mass is 10.1. The molecule has 1 aromatic heterocycles. The third-order valence-electron chi connectivity index (χ3n) is 1.64. The number of rotatable bonds is 3. The summed E-state index contributed by atoms with van der Waals surface area (Å²) in [5.41, 5.74) is 1.07. The highest BCUT2D eigenvalue weighted by molar-refractivity contribution is 5.86. The molecule has 14 heavy (non-hydrogen) atoms. The van der Waals surface area contributed by atoms with Crippen LogP contribution in [0.15, 0.2) is 30.5 Å². The van der Waals surface area contributed by atoms with Gasteiger partial charge in [0.15, 0.2) is 0 Å². The van der Waals surface area contributed by atoms with Crippen molar-refractivity contribution in [2.75, 3.05) is 0 Å². The molecule has 0 bridgehead atoms. The summed E-state index contributed by atoms with van der Waals surface area (Å²) in [6.45, 7) is 3.38. The molecule has 0 aliphatic rings. The van der Waals surface area contributed by atoms with E-state index < -0.39 is 5.97 Å². The zero-order valence-corrected chi connectivity index (χ0v) is 7.40. The first kappa shape index (κ1) is 9.93. The molecule has 0 saturated carbocycles. The Morgan fingerprint density at radius 2 is 2.43 bits per heavy atom. The first-order valence-corrected chi connectivity index (χ1v) is 3.89. The molecule has 0 unspecified atom stereocenters. The molecule has 1 rings (SSSR count). The number of hydrogen-bond donors (Lipinski definition) is 1. The van der Waals surface area contributed by atoms with Gasteiger partial charge in [0.2, 0.25) is 0 Å². The maximum absolute atomic E-state index is 10.5. The molecule has 4 nitrogen and oxygen atoms in total. The summed E-state index contributed by atoms with van der Waals surface area (Å²) in [7, 11) is 0. The summed E-state index contributed by atoms with van der Waals surface area (Å²) < 4.78 is 0. The fourth-order valence-electron chi connectivity index (χ4n) is 0.939. The Bertz CT molecular complexity index is 418. The molecule has 70 valence electrons. The van der Waals surface area contributed by atoms with Gasteiger partial charge in [-0.3, -0.25) is 4.98 Å². The first-order valence-electron chi connectivity index (χ1n) is 3.89. The molecule has 0 saturated heterocycles. The minimum Gasteiger partial charge on any atom is -0.478 e. The zero-order valence-electron chi connectivity index (χ0n) is 7.40. The standard InChI is InChI=1S/C10H8N2O2/c1-7(10(13)14)4-9-5-8(6-11)2-3-12-9/h2-3,5H,1,4H2,(H,13,14). The Balaban J connectivity index is 2.83. The highest BCUT2D eigenvalue weighted by Gasteiger charge is 2.06. The third-order valence-corrected chi connectivity index (χ3v) is 1.64. The highest BCUT2D eigenvalue weighted by atomic mass is 16.4. The second kappa shape index (κ2) is 4.19. The van der Waals surface area contributed by atoms with Crippen molar-refractivity contribution in [1.29, 1.82) is 5.26 Å². The molecule has 0 atom stereocenters. The second-order valence-corrected chi connectivity index (χ2v) is 2.73. The zero-order chi connectivity index (χ0) is 10.6. The number of pyridine rings is 1. The Labute approximate surface area is 81.1 Å². The molecule has 0 aliphatic heterocycles. The summed E-state index contributed by atoms with van der Waals surface area (Å²) in [6.07, 6.45) is 1.63. The molecule has 0 fully saturated rings. The van der Waals surface area contributed by atoms with Gasteiger partial charge in [0.05, 0.1) is 11.6 Å². The van der Waals surface area contributed by atoms with Gasteiger partial charge in [-0.05, 0) is 12.1 Å². The average Bonchev–Trinajstić information content (AvgIpc) is 2.18. The van der Waals surface area contributed by atoms with Gasteiger partial charge >= 0.3 is 5.97 Å². The second-order valence-electron chi connectivity index (χ2n) is 2.73. The van der Waals surface area contributed by atoms with Gasteiger partial charge in [-0.2, -0.15) is 5.26 Å². The minimum atomic E-state index is -1.05. The van der Waals surface area contributed by atoms with Crippen molar-refractivity contribution in [1.82, 2.24) is 4.98 Å². The maximum atomic E-state index is 10.5. The van der Waals surface area contributed by atoms with E-state index in [1.165, 1.54) is 6.20 Å². The predicted octanol–water partition coefficient (Wildman–Crippen LogP) is 1.14. The molecular weight excluding hydrogens is 180 g/mol. The molecule has 0 amide bonds. The van der Waals surface area contributed by atoms with Crippen molar-refractivity contribution in [3.05, 3.63) is 41.7 Å². The summed E-state index contributed by atoms with van der Waals surface area (Å²) in [5, 5.41) is 17.2. The number of nitriles is 1. The fourth-order valence-corrected chi connectivity index (χ4v) is 0.939. The number of hydrogen-bond acceptors (Lipinski definition) is 3. The summed E-state index contributed by atoms with van der Waals surface area (Å²) in [5.74, 6) is -1.05. The van der Waals surface area contributed by atoms with Crippen LogP contribution in [0.1, 0.15) is 11.3 Å². The monoisotopic (exact) mass is 188 g/mol. The molecule has 1 N–H and O–H groups in total. The van der Waals surface area contributed by atoms with Crippen LogP contribution < -0.4 is 0 Å². The smallest absolute Gasteiger partial charge is 0.331 e. The number of carbonyl (C=O) groups is 1. The van der Waals surface area contributed by atoms with E-state index in [-0.39, 0.29) is 12.0 Å². The van der Waals surface area contributed by atoms with E-state index in [9.17, 15) is 4.79 Å². The molecule has 0 spiro atoms. The summed E-state index contributed by atoms with van der Waals surface area (Å²) >= 11 is 0. The number of nitrogens with zero attached hydrogens (tertiary/aromatic N) is 2. The van der Waals surface area contributed by atoms with Crippen LogP contribution in [0, 0.1) is 11.3 Å². The topological polar surface area (TPSA) is 74.0 Å². The SMILES string of the molecule is C=C(Cc1cc(C#N)ccn1)C(=O)O. The molecule has 1 aromatic rings. The van der Waals surface area contributed by atoms with E-state index in [1.54, 1.807) is 12.1 Å². The van der Waals surface area contributed by atoms with E-state index in [4.69, 9.17) is 10.4 Å². The van der Waals surface area contributed by atoms with Crippen LogP contribution in [0.4, 0.5) is 0 Å². The first-order chi connectivity index (χ1) is 6.63. The molecule has 1 heterocycles. The van der Waals surface area contributed by atoms with Crippen molar-refractivity contribution in [3.8, 4) is 6.07 Å². The van der Waals surface area contributed by atoms with Crippen LogP contribution in [-0.4, -0.2) is 16.1 Å². The van der Waals surface area contributed by atoms with Crippen LogP contribution in [0.5, 0.6) is 0 Å². The van der Waals surface area contributed by atoms with Crippen LogP contribution in [0.2, 0.25) is 0 Å². The van der Waals surface area contributed by atoms with Gasteiger partial charge in [0.25, 0.3) is 0 Å². The number of carboxylic acid groups (broad SMARTS) is 1. The van der Waals surface area contributed by atoms with Crippen molar-refractivity contribution in [2.45, 2.75) is 6.42 Å². The molecule has 4 heteroatoms. The predicted molar refractivity (Wildman–Crippen MR) is 49.4 cm³/mol. The Morgan fingerprint density at radius 3 is 3.00 bits per heavy atom. The van der Waals surface area contributed by atoms with Crippen molar-refractivity contribution in [3.63, 3.8) is 0 Å². The van der Waals surface area contributed by atoms with Gasteiger partial charge in [0, 0.05) is 23.9 Å². The van der Waals surface area contributed by atoms with Gasteiger partial charge in [-0.25, -0.2) is 4.79 Å². The van der Waals surface area contributed by atoms with E-state index in [0.29, 0.717) is 11.3 Å². The van der Waals surface area contributed by atoms with Crippen LogP contribution in [-0.2, 0) is 11.2 Å². The van der Waals surface area contributed by atoms with Gasteiger partial charge < -0.3 is 5.11 Å². The van der Waals surface area contributed by atoms with E-state index in [1.807, 2.05) is 6.07 Å². The Kier molecular flexibility index (Phi) is 2.97. The number of aromatic nitrogens is 1. The van der Waals surface area contributed by atoms with E-state index in [2.05, 4.69) is 11.6 Å². The van der Waals surface area contributed by atoms with E-state index >= 15 is 0 Å². The average molecular weight is 188 g/mol. The lowest BCUT2D eigenvalue weighted by Crippen LogP contribution is -2.03. The Morgan fingerprint density at radius 1 is 1.71 bits per heavy atom. The summed E-state index contributed by atoms with van der Waals surface area (Å²) in [4.78, 5) is 14.4. The Hall–Kier alpha value is -2.15. The van der Waals surface area contributed by atoms with Gasteiger partial charge in [-0.1, -0.05) is 6.58 Å². The number of aliphatic carboxylic acids is 1. The quantitative estimate of drug-likeness (QED) is 0.721. The largest absolute Gasteiger partial charge is 0.478 e.